The third-order valence-corrected chi connectivity index (χ3v) is 6.65. The Bertz CT molecular complexity index is 1100. The lowest BCUT2D eigenvalue weighted by Gasteiger charge is -2.40. The first kappa shape index (κ1) is 22.1. The van der Waals surface area contributed by atoms with Gasteiger partial charge >= 0.3 is 5.69 Å². The van der Waals surface area contributed by atoms with Crippen LogP contribution in [0.25, 0.3) is 0 Å². The zero-order valence-corrected chi connectivity index (χ0v) is 18.7. The number of benzene rings is 1. The predicted molar refractivity (Wildman–Crippen MR) is 122 cm³/mol. The lowest BCUT2D eigenvalue weighted by molar-refractivity contribution is -0.136. The second kappa shape index (κ2) is 9.18. The van der Waals surface area contributed by atoms with Gasteiger partial charge in [0.2, 0.25) is 5.91 Å². The van der Waals surface area contributed by atoms with E-state index in [1.807, 2.05) is 27.7 Å². The summed E-state index contributed by atoms with van der Waals surface area (Å²) in [6, 6.07) is 8.24. The second-order valence-electron chi connectivity index (χ2n) is 8.45. The fourth-order valence-corrected chi connectivity index (χ4v) is 4.71. The third kappa shape index (κ3) is 4.16. The highest BCUT2D eigenvalue weighted by molar-refractivity contribution is 5.79. The van der Waals surface area contributed by atoms with Crippen molar-refractivity contribution in [2.24, 2.45) is 13.0 Å². The average molecular weight is 444 g/mol. The van der Waals surface area contributed by atoms with Gasteiger partial charge in [-0.3, -0.25) is 18.7 Å². The minimum Gasteiger partial charge on any atom is -0.366 e. The summed E-state index contributed by atoms with van der Waals surface area (Å²) in [6.07, 6.45) is 1.36. The number of hydrogen-bond acceptors (Lipinski definition) is 5. The summed E-state index contributed by atoms with van der Waals surface area (Å²) in [5.41, 5.74) is -0.0505. The van der Waals surface area contributed by atoms with Crippen molar-refractivity contribution in [3.8, 4) is 0 Å². The van der Waals surface area contributed by atoms with Crippen molar-refractivity contribution < 1.29 is 9.18 Å². The van der Waals surface area contributed by atoms with Gasteiger partial charge in [0.25, 0.3) is 5.56 Å². The molecule has 172 valence electrons. The van der Waals surface area contributed by atoms with Crippen molar-refractivity contribution in [3.63, 3.8) is 0 Å². The van der Waals surface area contributed by atoms with Crippen LogP contribution < -0.4 is 21.0 Å². The number of amides is 1. The maximum Gasteiger partial charge on any atom is 0.332 e. The first-order valence-corrected chi connectivity index (χ1v) is 11.2. The molecule has 0 N–H and O–H groups in total. The average Bonchev–Trinajstić information content (AvgIpc) is 2.82. The van der Waals surface area contributed by atoms with E-state index in [0.717, 1.165) is 4.57 Å². The number of piperidine rings is 1. The number of rotatable bonds is 4. The van der Waals surface area contributed by atoms with Gasteiger partial charge in [0.05, 0.1) is 5.69 Å². The third-order valence-electron chi connectivity index (χ3n) is 6.65. The zero-order chi connectivity index (χ0) is 22.8. The molecule has 1 aromatic carbocycles. The van der Waals surface area contributed by atoms with Crippen LogP contribution in [0.15, 0.2) is 39.9 Å². The number of nitrogens with zero attached hydrogens (tertiary/aromatic N) is 5. The number of carbonyl (C=O) groups is 1. The molecule has 0 aliphatic carbocycles. The van der Waals surface area contributed by atoms with Crippen LogP contribution in [0.2, 0.25) is 0 Å². The number of halogens is 1. The molecule has 9 heteroatoms. The maximum atomic E-state index is 14.1. The van der Waals surface area contributed by atoms with Crippen LogP contribution in [0.3, 0.4) is 0 Å². The summed E-state index contributed by atoms with van der Waals surface area (Å²) in [7, 11) is 1.48. The van der Waals surface area contributed by atoms with E-state index in [2.05, 4.69) is 0 Å². The summed E-state index contributed by atoms with van der Waals surface area (Å²) in [4.78, 5) is 43.6. The Morgan fingerprint density at radius 1 is 1.00 bits per heavy atom. The van der Waals surface area contributed by atoms with E-state index < -0.39 is 0 Å². The Hall–Kier alpha value is -3.10. The molecule has 2 fully saturated rings. The molecule has 4 rings (SSSR count). The van der Waals surface area contributed by atoms with Gasteiger partial charge in [0.15, 0.2) is 0 Å². The van der Waals surface area contributed by atoms with E-state index >= 15 is 0 Å². The minimum atomic E-state index is -0.319. The quantitative estimate of drug-likeness (QED) is 0.712. The Labute approximate surface area is 186 Å². The molecule has 0 unspecified atom stereocenters. The summed E-state index contributed by atoms with van der Waals surface area (Å²) in [5.74, 6) is 0.472. The molecule has 2 aliphatic heterocycles. The van der Waals surface area contributed by atoms with E-state index in [4.69, 9.17) is 0 Å². The second-order valence-corrected chi connectivity index (χ2v) is 8.45. The van der Waals surface area contributed by atoms with Gasteiger partial charge in [-0.05, 0) is 31.9 Å². The van der Waals surface area contributed by atoms with Gasteiger partial charge in [0.1, 0.15) is 11.6 Å². The van der Waals surface area contributed by atoms with Crippen molar-refractivity contribution in [2.45, 2.75) is 26.3 Å². The van der Waals surface area contributed by atoms with E-state index in [1.54, 1.807) is 16.7 Å². The summed E-state index contributed by atoms with van der Waals surface area (Å²) >= 11 is 0. The fourth-order valence-electron chi connectivity index (χ4n) is 4.71. The van der Waals surface area contributed by atoms with E-state index in [-0.39, 0.29) is 28.9 Å². The lowest BCUT2D eigenvalue weighted by atomic mass is 9.95. The molecule has 0 bridgehead atoms. The van der Waals surface area contributed by atoms with E-state index in [1.165, 1.54) is 19.2 Å². The number of para-hydroxylation sites is 1. The van der Waals surface area contributed by atoms with Crippen molar-refractivity contribution in [1.82, 2.24) is 14.0 Å². The van der Waals surface area contributed by atoms with Gasteiger partial charge < -0.3 is 14.7 Å². The van der Waals surface area contributed by atoms with Gasteiger partial charge in [-0.2, -0.15) is 0 Å². The minimum absolute atomic E-state index is 0.0698. The maximum absolute atomic E-state index is 14.1. The van der Waals surface area contributed by atoms with Crippen molar-refractivity contribution >= 4 is 17.4 Å². The first-order valence-electron chi connectivity index (χ1n) is 11.2. The van der Waals surface area contributed by atoms with Crippen molar-refractivity contribution in [1.29, 1.82) is 0 Å². The largest absolute Gasteiger partial charge is 0.366 e. The molecule has 1 aromatic heterocycles. The van der Waals surface area contributed by atoms with Crippen LogP contribution in [-0.4, -0.2) is 59.2 Å². The highest BCUT2D eigenvalue weighted by Gasteiger charge is 2.31. The first-order chi connectivity index (χ1) is 15.4. The molecule has 32 heavy (non-hydrogen) atoms. The van der Waals surface area contributed by atoms with E-state index in [9.17, 15) is 18.8 Å². The Kier molecular flexibility index (Phi) is 6.34. The molecule has 2 aliphatic rings. The smallest absolute Gasteiger partial charge is 0.332 e. The standard InChI is InChI=1S/C23H30FN5O3/c1-3-29-20(16-21(30)25(2)23(29)32)27-10-8-17(9-11-27)22(31)28-14-12-26(13-15-28)19-7-5-4-6-18(19)24/h4-7,16-17H,3,8-15H2,1-2H3. The Morgan fingerprint density at radius 3 is 2.28 bits per heavy atom. The number of carbonyl (C=O) groups excluding carboxylic acids is 1. The van der Waals surface area contributed by atoms with Crippen molar-refractivity contribution in [3.05, 3.63) is 57.0 Å². The Morgan fingerprint density at radius 2 is 1.66 bits per heavy atom. The normalized spacial score (nSPS) is 17.7. The number of hydrogen-bond donors (Lipinski definition) is 0. The molecule has 1 amide bonds. The molecule has 0 radical (unpaired) electrons. The molecule has 2 saturated heterocycles. The fraction of sp³-hybridized carbons (Fsp3) is 0.522. The number of piperazine rings is 1. The molecule has 2 aromatic rings. The molecule has 0 atom stereocenters. The SMILES string of the molecule is CCn1c(N2CCC(C(=O)N3CCN(c4ccccc4F)CC3)CC2)cc(=O)n(C)c1=O. The molecule has 3 heterocycles. The number of anilines is 2. The lowest BCUT2D eigenvalue weighted by Crippen LogP contribution is -2.52. The topological polar surface area (TPSA) is 70.8 Å². The van der Waals surface area contributed by atoms with Gasteiger partial charge in [-0.1, -0.05) is 12.1 Å². The monoisotopic (exact) mass is 443 g/mol. The van der Waals surface area contributed by atoms with Crippen LogP contribution in [0.4, 0.5) is 15.9 Å². The van der Waals surface area contributed by atoms with Crippen LogP contribution >= 0.6 is 0 Å². The Balaban J connectivity index is 1.36. The van der Waals surface area contributed by atoms with Gasteiger partial charge in [-0.25, -0.2) is 9.18 Å². The van der Waals surface area contributed by atoms with Gasteiger partial charge in [-0.15, -0.1) is 0 Å². The van der Waals surface area contributed by atoms with Crippen LogP contribution in [-0.2, 0) is 18.4 Å². The van der Waals surface area contributed by atoms with Crippen LogP contribution in [0, 0.1) is 11.7 Å². The van der Waals surface area contributed by atoms with E-state index in [0.29, 0.717) is 70.2 Å². The van der Waals surface area contributed by atoms with Crippen LogP contribution in [0.1, 0.15) is 19.8 Å². The highest BCUT2D eigenvalue weighted by atomic mass is 19.1. The molecule has 0 saturated carbocycles. The predicted octanol–water partition coefficient (Wildman–Crippen LogP) is 1.27. The molecular formula is C23H30FN5O3. The van der Waals surface area contributed by atoms with Gasteiger partial charge in [0, 0.05) is 64.8 Å². The van der Waals surface area contributed by atoms with Crippen molar-refractivity contribution in [2.75, 3.05) is 49.1 Å². The molecule has 8 nitrogen and oxygen atoms in total. The molecular weight excluding hydrogens is 413 g/mol. The highest BCUT2D eigenvalue weighted by Crippen LogP contribution is 2.25. The summed E-state index contributed by atoms with van der Waals surface area (Å²) in [6.45, 7) is 5.99. The summed E-state index contributed by atoms with van der Waals surface area (Å²) in [5, 5.41) is 0. The zero-order valence-electron chi connectivity index (χ0n) is 18.7. The number of aromatic nitrogens is 2. The molecule has 0 spiro atoms. The summed E-state index contributed by atoms with van der Waals surface area (Å²) < 4.78 is 16.8. The van der Waals surface area contributed by atoms with Crippen LogP contribution in [0.5, 0.6) is 0 Å².